The molecule has 0 heterocycles. The van der Waals surface area contributed by atoms with Crippen LogP contribution in [0.3, 0.4) is 0 Å². The van der Waals surface area contributed by atoms with E-state index in [1.54, 1.807) is 24.1 Å². The van der Waals surface area contributed by atoms with Crippen LogP contribution in [0.15, 0.2) is 22.7 Å². The van der Waals surface area contributed by atoms with Gasteiger partial charge in [0.15, 0.2) is 0 Å². The van der Waals surface area contributed by atoms with Crippen LogP contribution in [0, 0.1) is 5.82 Å². The fraction of sp³-hybridized carbons (Fsp3) is 0.462. The molecular weight excluding hydrogens is 299 g/mol. The standard InChI is InChI=1S/C13H16BrFN2O/c1-17(12(18)13(16)5-6-13)7-4-9-8-10(14)2-3-11(9)15/h2-3,8H,4-7,16H2,1H3. The Hall–Kier alpha value is -0.940. The van der Waals surface area contributed by atoms with Crippen molar-refractivity contribution >= 4 is 21.8 Å². The minimum Gasteiger partial charge on any atom is -0.344 e. The minimum absolute atomic E-state index is 0.0436. The van der Waals surface area contributed by atoms with Crippen molar-refractivity contribution in [3.8, 4) is 0 Å². The Labute approximate surface area is 114 Å². The van der Waals surface area contributed by atoms with Crippen molar-refractivity contribution in [1.29, 1.82) is 0 Å². The normalized spacial score (nSPS) is 16.4. The van der Waals surface area contributed by atoms with Crippen LogP contribution in [0.5, 0.6) is 0 Å². The monoisotopic (exact) mass is 314 g/mol. The number of hydrogen-bond donors (Lipinski definition) is 1. The zero-order chi connectivity index (χ0) is 13.3. The van der Waals surface area contributed by atoms with Gasteiger partial charge in [0.1, 0.15) is 5.82 Å². The average Bonchev–Trinajstić information content (AvgIpc) is 3.08. The van der Waals surface area contributed by atoms with E-state index in [2.05, 4.69) is 15.9 Å². The molecule has 0 atom stereocenters. The third-order valence-corrected chi connectivity index (χ3v) is 3.78. The highest BCUT2D eigenvalue weighted by Gasteiger charge is 2.47. The van der Waals surface area contributed by atoms with Gasteiger partial charge in [-0.2, -0.15) is 0 Å². The molecule has 1 aliphatic rings. The molecule has 0 radical (unpaired) electrons. The zero-order valence-corrected chi connectivity index (χ0v) is 11.8. The summed E-state index contributed by atoms with van der Waals surface area (Å²) in [6.07, 6.45) is 1.99. The molecule has 0 aromatic heterocycles. The quantitative estimate of drug-likeness (QED) is 0.925. The molecule has 2 rings (SSSR count). The smallest absolute Gasteiger partial charge is 0.242 e. The topological polar surface area (TPSA) is 46.3 Å². The molecule has 1 fully saturated rings. The van der Waals surface area contributed by atoms with Crippen molar-refractivity contribution in [1.82, 2.24) is 4.90 Å². The van der Waals surface area contributed by atoms with E-state index < -0.39 is 5.54 Å². The van der Waals surface area contributed by atoms with E-state index in [-0.39, 0.29) is 11.7 Å². The predicted molar refractivity (Wildman–Crippen MR) is 71.6 cm³/mol. The molecule has 1 saturated carbocycles. The first-order valence-corrected chi connectivity index (χ1v) is 6.70. The molecule has 0 spiro atoms. The van der Waals surface area contributed by atoms with Crippen LogP contribution in [0.25, 0.3) is 0 Å². The number of rotatable bonds is 4. The highest BCUT2D eigenvalue weighted by molar-refractivity contribution is 9.10. The fourth-order valence-electron chi connectivity index (χ4n) is 1.85. The Kier molecular flexibility index (Phi) is 3.73. The van der Waals surface area contributed by atoms with Gasteiger partial charge in [-0.1, -0.05) is 15.9 Å². The highest BCUT2D eigenvalue weighted by atomic mass is 79.9. The van der Waals surface area contributed by atoms with Crippen molar-refractivity contribution < 1.29 is 9.18 Å². The summed E-state index contributed by atoms with van der Waals surface area (Å²) in [4.78, 5) is 13.5. The second-order valence-corrected chi connectivity index (χ2v) is 5.78. The molecule has 18 heavy (non-hydrogen) atoms. The maximum atomic E-state index is 13.5. The first kappa shape index (κ1) is 13.5. The first-order chi connectivity index (χ1) is 8.42. The Morgan fingerprint density at radius 3 is 2.83 bits per heavy atom. The van der Waals surface area contributed by atoms with Gasteiger partial charge in [0.25, 0.3) is 0 Å². The van der Waals surface area contributed by atoms with Gasteiger partial charge in [0.05, 0.1) is 5.54 Å². The third kappa shape index (κ3) is 2.90. The van der Waals surface area contributed by atoms with Gasteiger partial charge in [-0.25, -0.2) is 4.39 Å². The van der Waals surface area contributed by atoms with Crippen molar-refractivity contribution in [3.63, 3.8) is 0 Å². The summed E-state index contributed by atoms with van der Waals surface area (Å²) in [6.45, 7) is 0.477. The van der Waals surface area contributed by atoms with Crippen molar-refractivity contribution in [2.75, 3.05) is 13.6 Å². The maximum absolute atomic E-state index is 13.5. The third-order valence-electron chi connectivity index (χ3n) is 3.29. The molecule has 1 aromatic rings. The lowest BCUT2D eigenvalue weighted by Crippen LogP contribution is -2.44. The highest BCUT2D eigenvalue weighted by Crippen LogP contribution is 2.33. The van der Waals surface area contributed by atoms with Gasteiger partial charge in [0.2, 0.25) is 5.91 Å². The van der Waals surface area contributed by atoms with Crippen LogP contribution < -0.4 is 5.73 Å². The summed E-state index contributed by atoms with van der Waals surface area (Å²) in [5.74, 6) is -0.286. The Bertz CT molecular complexity index is 474. The number of hydrogen-bond acceptors (Lipinski definition) is 2. The number of likely N-dealkylation sites (N-methyl/N-ethyl adjacent to an activating group) is 1. The number of nitrogens with two attached hydrogens (primary N) is 1. The van der Waals surface area contributed by atoms with Crippen molar-refractivity contribution in [3.05, 3.63) is 34.1 Å². The molecule has 98 valence electrons. The SMILES string of the molecule is CN(CCc1cc(Br)ccc1F)C(=O)C1(N)CC1. The fourth-order valence-corrected chi connectivity index (χ4v) is 2.26. The summed E-state index contributed by atoms with van der Waals surface area (Å²) in [5, 5.41) is 0. The van der Waals surface area contributed by atoms with Crippen LogP contribution in [0.2, 0.25) is 0 Å². The molecule has 1 amide bonds. The lowest BCUT2D eigenvalue weighted by atomic mass is 10.1. The molecule has 0 saturated heterocycles. The van der Waals surface area contributed by atoms with Crippen molar-refractivity contribution in [2.45, 2.75) is 24.8 Å². The van der Waals surface area contributed by atoms with Crippen LogP contribution in [0.1, 0.15) is 18.4 Å². The van der Waals surface area contributed by atoms with Gasteiger partial charge in [-0.3, -0.25) is 4.79 Å². The Balaban J connectivity index is 1.95. The second kappa shape index (κ2) is 4.97. The molecule has 3 nitrogen and oxygen atoms in total. The van der Waals surface area contributed by atoms with Crippen LogP contribution >= 0.6 is 15.9 Å². The molecular formula is C13H16BrFN2O. The number of carbonyl (C=O) groups excluding carboxylic acids is 1. The molecule has 1 aliphatic carbocycles. The average molecular weight is 315 g/mol. The van der Waals surface area contributed by atoms with Crippen molar-refractivity contribution in [2.24, 2.45) is 5.73 Å². The summed E-state index contributed by atoms with van der Waals surface area (Å²) in [7, 11) is 1.71. The van der Waals surface area contributed by atoms with E-state index in [0.29, 0.717) is 18.5 Å². The Morgan fingerprint density at radius 2 is 2.22 bits per heavy atom. The van der Waals surface area contributed by atoms with Gasteiger partial charge in [-0.05, 0) is 43.0 Å². The number of carbonyl (C=O) groups is 1. The molecule has 0 unspecified atom stereocenters. The van der Waals surface area contributed by atoms with Crippen LogP contribution in [-0.4, -0.2) is 29.9 Å². The second-order valence-electron chi connectivity index (χ2n) is 4.87. The van der Waals surface area contributed by atoms with E-state index in [1.165, 1.54) is 6.07 Å². The largest absolute Gasteiger partial charge is 0.344 e. The number of benzene rings is 1. The zero-order valence-electron chi connectivity index (χ0n) is 10.2. The molecule has 5 heteroatoms. The lowest BCUT2D eigenvalue weighted by Gasteiger charge is -2.21. The molecule has 1 aromatic carbocycles. The van der Waals surface area contributed by atoms with E-state index in [1.807, 2.05) is 0 Å². The summed E-state index contributed by atoms with van der Waals surface area (Å²) >= 11 is 3.31. The van der Waals surface area contributed by atoms with Gasteiger partial charge < -0.3 is 10.6 Å². The predicted octanol–water partition coefficient (Wildman–Crippen LogP) is 2.08. The number of halogens is 2. The number of amides is 1. The molecule has 2 N–H and O–H groups in total. The van der Waals surface area contributed by atoms with E-state index >= 15 is 0 Å². The van der Waals surface area contributed by atoms with E-state index in [9.17, 15) is 9.18 Å². The summed E-state index contributed by atoms with van der Waals surface area (Å²) in [6, 6.07) is 4.82. The van der Waals surface area contributed by atoms with E-state index in [0.717, 1.165) is 17.3 Å². The molecule has 0 bridgehead atoms. The lowest BCUT2D eigenvalue weighted by molar-refractivity contribution is -0.132. The Morgan fingerprint density at radius 1 is 1.56 bits per heavy atom. The van der Waals surface area contributed by atoms with Gasteiger partial charge in [0, 0.05) is 18.1 Å². The maximum Gasteiger partial charge on any atom is 0.242 e. The van der Waals surface area contributed by atoms with Gasteiger partial charge >= 0.3 is 0 Å². The molecule has 0 aliphatic heterocycles. The summed E-state index contributed by atoms with van der Waals surface area (Å²) < 4.78 is 14.4. The summed E-state index contributed by atoms with van der Waals surface area (Å²) in [5.41, 5.74) is 5.80. The minimum atomic E-state index is -0.648. The number of nitrogens with zero attached hydrogens (tertiary/aromatic N) is 1. The van der Waals surface area contributed by atoms with Gasteiger partial charge in [-0.15, -0.1) is 0 Å². The van der Waals surface area contributed by atoms with Crippen LogP contribution in [0.4, 0.5) is 4.39 Å². The van der Waals surface area contributed by atoms with E-state index in [4.69, 9.17) is 5.73 Å². The van der Waals surface area contributed by atoms with Crippen LogP contribution in [-0.2, 0) is 11.2 Å². The first-order valence-electron chi connectivity index (χ1n) is 5.91.